The minimum atomic E-state index is -0.501. The zero-order valence-electron chi connectivity index (χ0n) is 36.4. The average Bonchev–Trinajstić information content (AvgIpc) is 3.89. The van der Waals surface area contributed by atoms with Gasteiger partial charge in [0.15, 0.2) is 5.15 Å². The Bertz CT molecular complexity index is 2010. The number of aromatic amines is 1. The van der Waals surface area contributed by atoms with Gasteiger partial charge in [-0.05, 0) is 69.9 Å². The van der Waals surface area contributed by atoms with Crippen molar-refractivity contribution in [1.82, 2.24) is 56.3 Å². The third kappa shape index (κ3) is 14.7. The number of aromatic nitrogens is 6. The van der Waals surface area contributed by atoms with Crippen LogP contribution in [0.5, 0.6) is 0 Å². The summed E-state index contributed by atoms with van der Waals surface area (Å²) < 4.78 is 7.54. The van der Waals surface area contributed by atoms with Crippen molar-refractivity contribution in [3.63, 3.8) is 0 Å². The second-order valence-electron chi connectivity index (χ2n) is 15.9. The number of ether oxygens (including phenoxy) is 1. The maximum Gasteiger partial charge on any atom is 0.246 e. The Labute approximate surface area is 362 Å². The first kappa shape index (κ1) is 48.4. The van der Waals surface area contributed by atoms with Crippen molar-refractivity contribution < 1.29 is 24.7 Å². The summed E-state index contributed by atoms with van der Waals surface area (Å²) in [5, 5.41) is 52.6. The molecule has 2 amide bonds. The number of benzene rings is 2. The molecule has 2 aromatic carbocycles. The van der Waals surface area contributed by atoms with Gasteiger partial charge in [-0.2, -0.15) is 5.21 Å². The van der Waals surface area contributed by atoms with Gasteiger partial charge in [-0.15, -0.1) is 10.2 Å². The molecule has 0 unspecified atom stereocenters. The molecule has 61 heavy (non-hydrogen) atoms. The number of halogens is 1. The normalized spacial score (nSPS) is 12.6. The largest absolute Gasteiger partial charge is 0.411 e. The molecule has 0 aliphatic heterocycles. The number of H-pyrrole nitrogens is 1. The van der Waals surface area contributed by atoms with Crippen molar-refractivity contribution in [3.8, 4) is 22.5 Å². The molecule has 0 aliphatic rings. The summed E-state index contributed by atoms with van der Waals surface area (Å²) in [6, 6.07) is 16.1. The molecule has 0 aliphatic carbocycles. The third-order valence-corrected chi connectivity index (χ3v) is 11.0. The second-order valence-corrected chi connectivity index (χ2v) is 16.2. The molecule has 0 saturated carbocycles. The van der Waals surface area contributed by atoms with Crippen molar-refractivity contribution in [2.45, 2.75) is 91.9 Å². The minimum Gasteiger partial charge on any atom is -0.411 e. The number of nitrogens with one attached hydrogen (secondary N) is 5. The van der Waals surface area contributed by atoms with Crippen LogP contribution in [0.1, 0.15) is 78.4 Å². The van der Waals surface area contributed by atoms with E-state index in [1.165, 1.54) is 0 Å². The van der Waals surface area contributed by atoms with Crippen molar-refractivity contribution in [2.75, 3.05) is 52.5 Å². The zero-order valence-corrected chi connectivity index (χ0v) is 37.1. The SMILES string of the molecule is CCCCc1nc(Cl)c(CNC(=O)COCC(=O)NCCN(CCNC(C)(C)/C(C)=N\O)CCNC(C)(C)/C(C)=N\O)n1Cc1ccc(-c2ccccc2-c2nn[nH]n2)cc1. The van der Waals surface area contributed by atoms with Gasteiger partial charge >= 0.3 is 0 Å². The fraction of sp³-hybridized carbons (Fsp3) is 0.524. The highest BCUT2D eigenvalue weighted by atomic mass is 35.5. The molecule has 4 rings (SSSR count). The van der Waals surface area contributed by atoms with E-state index in [4.69, 9.17) is 16.3 Å². The zero-order chi connectivity index (χ0) is 44.4. The van der Waals surface area contributed by atoms with Crippen LogP contribution in [0.2, 0.25) is 5.15 Å². The summed E-state index contributed by atoms with van der Waals surface area (Å²) in [5.74, 6) is 0.621. The second kappa shape index (κ2) is 23.7. The topological polar surface area (TPSA) is 232 Å². The molecule has 4 aromatic rings. The molecule has 0 fully saturated rings. The smallest absolute Gasteiger partial charge is 0.246 e. The molecular formula is C42H62ClN13O5. The van der Waals surface area contributed by atoms with Crippen LogP contribution in [-0.4, -0.2) is 132 Å². The number of hydrogen-bond acceptors (Lipinski definition) is 14. The number of aryl methyl sites for hydroxylation is 1. The number of hydrogen-bond donors (Lipinski definition) is 7. The van der Waals surface area contributed by atoms with E-state index in [0.29, 0.717) is 73.9 Å². The maximum atomic E-state index is 12.9. The number of rotatable bonds is 26. The molecule has 19 heteroatoms. The van der Waals surface area contributed by atoms with Gasteiger partial charge in [-0.3, -0.25) is 14.5 Å². The first-order valence-electron chi connectivity index (χ1n) is 20.6. The molecule has 0 bridgehead atoms. The van der Waals surface area contributed by atoms with Gasteiger partial charge in [0.25, 0.3) is 0 Å². The maximum absolute atomic E-state index is 12.9. The lowest BCUT2D eigenvalue weighted by Crippen LogP contribution is -2.51. The Morgan fingerprint density at radius 3 is 2.03 bits per heavy atom. The Kier molecular flexibility index (Phi) is 18.8. The lowest BCUT2D eigenvalue weighted by atomic mass is 9.98. The minimum absolute atomic E-state index is 0.134. The van der Waals surface area contributed by atoms with Crippen LogP contribution in [0.3, 0.4) is 0 Å². The summed E-state index contributed by atoms with van der Waals surface area (Å²) in [7, 11) is 0. The van der Waals surface area contributed by atoms with Gasteiger partial charge in [0.1, 0.15) is 19.0 Å². The van der Waals surface area contributed by atoms with E-state index < -0.39 is 17.0 Å². The molecule has 2 aromatic heterocycles. The lowest BCUT2D eigenvalue weighted by molar-refractivity contribution is -0.131. The van der Waals surface area contributed by atoms with E-state index in [2.05, 4.69) is 97.8 Å². The van der Waals surface area contributed by atoms with Gasteiger partial charge in [0.05, 0.1) is 34.7 Å². The van der Waals surface area contributed by atoms with Crippen LogP contribution in [0.4, 0.5) is 0 Å². The third-order valence-electron chi connectivity index (χ3n) is 10.7. The highest BCUT2D eigenvalue weighted by molar-refractivity contribution is 6.30. The molecule has 7 N–H and O–H groups in total. The highest BCUT2D eigenvalue weighted by Gasteiger charge is 2.24. The van der Waals surface area contributed by atoms with Crippen molar-refractivity contribution in [3.05, 3.63) is 70.8 Å². The highest BCUT2D eigenvalue weighted by Crippen LogP contribution is 2.30. The molecule has 2 heterocycles. The van der Waals surface area contributed by atoms with Crippen LogP contribution < -0.4 is 21.3 Å². The summed E-state index contributed by atoms with van der Waals surface area (Å²) in [6.45, 7) is 16.8. The quantitative estimate of drug-likeness (QED) is 0.0267. The van der Waals surface area contributed by atoms with E-state index in [-0.39, 0.29) is 25.7 Å². The summed E-state index contributed by atoms with van der Waals surface area (Å²) in [6.07, 6.45) is 2.66. The van der Waals surface area contributed by atoms with Crippen molar-refractivity contribution in [1.29, 1.82) is 0 Å². The van der Waals surface area contributed by atoms with Crippen molar-refractivity contribution >= 4 is 34.8 Å². The number of tetrazole rings is 1. The number of imidazole rings is 1. The van der Waals surface area contributed by atoms with Crippen LogP contribution in [0.25, 0.3) is 22.5 Å². The summed E-state index contributed by atoms with van der Waals surface area (Å²) >= 11 is 6.67. The standard InChI is InChI=1S/C42H62ClN13O5/c1-8-9-14-36-48-39(43)35(56(36)26-31-15-17-32(18-16-31)33-12-10-11-13-34(33)40-49-53-54-50-40)25-45-38(58)28-61-27-37(57)44-19-22-55(23-20-46-41(4,5)29(2)51-59)24-21-47-42(6,7)30(3)52-60/h10-13,15-18,46-47,59-60H,8-9,14,19-28H2,1-7H3,(H,44,57)(H,45,58)(H,49,50,53,54)/b51-29-,52-30-. The Balaban J connectivity index is 1.28. The van der Waals surface area contributed by atoms with Gasteiger partial charge in [0, 0.05) is 57.8 Å². The van der Waals surface area contributed by atoms with Gasteiger partial charge in [-0.25, -0.2) is 4.98 Å². The number of carbonyl (C=O) groups excluding carboxylic acids is 2. The molecule has 0 spiro atoms. The average molecular weight is 864 g/mol. The first-order valence-corrected chi connectivity index (χ1v) is 20.9. The van der Waals surface area contributed by atoms with Crippen LogP contribution in [0, 0.1) is 0 Å². The molecule has 0 atom stereocenters. The van der Waals surface area contributed by atoms with E-state index in [1.54, 1.807) is 13.8 Å². The lowest BCUT2D eigenvalue weighted by Gasteiger charge is -2.30. The van der Waals surface area contributed by atoms with E-state index in [9.17, 15) is 20.0 Å². The molecular weight excluding hydrogens is 802 g/mol. The number of carbonyl (C=O) groups is 2. The Morgan fingerprint density at radius 2 is 1.46 bits per heavy atom. The van der Waals surface area contributed by atoms with Gasteiger partial charge < -0.3 is 41.0 Å². The van der Waals surface area contributed by atoms with Crippen LogP contribution in [0.15, 0.2) is 58.8 Å². The van der Waals surface area contributed by atoms with Crippen LogP contribution >= 0.6 is 11.6 Å². The number of unbranched alkanes of at least 4 members (excludes halogenated alkanes) is 1. The molecule has 0 radical (unpaired) electrons. The van der Waals surface area contributed by atoms with Crippen LogP contribution in [-0.2, 0) is 33.8 Å². The predicted octanol–water partition coefficient (Wildman–Crippen LogP) is 4.26. The Hall–Kier alpha value is -5.27. The molecule has 0 saturated heterocycles. The molecule has 18 nitrogen and oxygen atoms in total. The number of oxime groups is 2. The number of amides is 2. The summed E-state index contributed by atoms with van der Waals surface area (Å²) in [4.78, 5) is 32.4. The fourth-order valence-corrected chi connectivity index (χ4v) is 6.60. The van der Waals surface area contributed by atoms with Gasteiger partial charge in [0.2, 0.25) is 17.6 Å². The van der Waals surface area contributed by atoms with E-state index >= 15 is 0 Å². The van der Waals surface area contributed by atoms with Gasteiger partial charge in [-0.1, -0.05) is 83.8 Å². The number of nitrogens with zero attached hydrogens (tertiary/aromatic N) is 8. The van der Waals surface area contributed by atoms with E-state index in [1.807, 2.05) is 52.0 Å². The Morgan fingerprint density at radius 1 is 0.869 bits per heavy atom. The first-order chi connectivity index (χ1) is 29.2. The monoisotopic (exact) mass is 863 g/mol. The fourth-order valence-electron chi connectivity index (χ4n) is 6.33. The van der Waals surface area contributed by atoms with Crippen molar-refractivity contribution in [2.24, 2.45) is 10.3 Å². The van der Waals surface area contributed by atoms with E-state index in [0.717, 1.165) is 47.3 Å². The summed E-state index contributed by atoms with van der Waals surface area (Å²) in [5.41, 5.74) is 4.70. The molecule has 332 valence electrons. The predicted molar refractivity (Wildman–Crippen MR) is 236 cm³/mol.